The molecule has 1 saturated carbocycles. The third-order valence-corrected chi connectivity index (χ3v) is 7.52. The fourth-order valence-corrected chi connectivity index (χ4v) is 5.82. The van der Waals surface area contributed by atoms with Crippen molar-refractivity contribution in [3.63, 3.8) is 0 Å². The first kappa shape index (κ1) is 24.0. The first-order valence-electron chi connectivity index (χ1n) is 12.6. The van der Waals surface area contributed by atoms with Crippen LogP contribution in [-0.2, 0) is 12.8 Å². The molecule has 2 aliphatic heterocycles. The zero-order valence-electron chi connectivity index (χ0n) is 20.5. The summed E-state index contributed by atoms with van der Waals surface area (Å²) in [7, 11) is 0. The van der Waals surface area contributed by atoms with Crippen molar-refractivity contribution in [3.8, 4) is 17.2 Å². The summed E-state index contributed by atoms with van der Waals surface area (Å²) in [6.07, 6.45) is 4.52. The average molecular weight is 512 g/mol. The molecule has 1 atom stereocenters. The van der Waals surface area contributed by atoms with Gasteiger partial charge in [0, 0.05) is 61.3 Å². The van der Waals surface area contributed by atoms with Gasteiger partial charge in [-0.15, -0.1) is 0 Å². The molecule has 0 amide bonds. The quantitative estimate of drug-likeness (QED) is 0.486. The molecule has 3 aromatic rings. The summed E-state index contributed by atoms with van der Waals surface area (Å²) < 4.78 is 52.0. The van der Waals surface area contributed by atoms with Crippen molar-refractivity contribution in [2.45, 2.75) is 51.2 Å². The fraction of sp³-hybridized carbons (Fsp3) is 0.444. The summed E-state index contributed by atoms with van der Waals surface area (Å²) in [5, 5.41) is 3.48. The van der Waals surface area contributed by atoms with Gasteiger partial charge in [0.25, 0.3) is 0 Å². The van der Waals surface area contributed by atoms with Crippen LogP contribution in [0.4, 0.5) is 19.0 Å². The van der Waals surface area contributed by atoms with Crippen molar-refractivity contribution in [3.05, 3.63) is 65.6 Å². The second-order valence-electron chi connectivity index (χ2n) is 10.3. The maximum atomic E-state index is 13.7. The highest BCUT2D eigenvalue weighted by atomic mass is 19.3. The van der Waals surface area contributed by atoms with E-state index in [4.69, 9.17) is 9.47 Å². The van der Waals surface area contributed by atoms with Crippen molar-refractivity contribution in [2.24, 2.45) is 5.41 Å². The Morgan fingerprint density at radius 2 is 1.97 bits per heavy atom. The molecule has 3 aliphatic rings. The van der Waals surface area contributed by atoms with E-state index in [-0.39, 0.29) is 28.9 Å². The minimum atomic E-state index is -2.61. The van der Waals surface area contributed by atoms with E-state index in [9.17, 15) is 13.2 Å². The number of ether oxygens (including phenoxy) is 2. The van der Waals surface area contributed by atoms with Gasteiger partial charge in [0.15, 0.2) is 11.6 Å². The van der Waals surface area contributed by atoms with Gasteiger partial charge in [0.1, 0.15) is 29.7 Å². The van der Waals surface area contributed by atoms with E-state index in [2.05, 4.69) is 32.1 Å². The molecular formula is C27H28F3N5O2. The van der Waals surface area contributed by atoms with E-state index in [0.29, 0.717) is 11.6 Å². The molecule has 4 heterocycles. The molecule has 194 valence electrons. The van der Waals surface area contributed by atoms with Crippen molar-refractivity contribution in [2.75, 3.05) is 24.5 Å². The smallest absolute Gasteiger partial charge is 0.242 e. The number of hydrogen-bond donors (Lipinski definition) is 1. The molecule has 1 aromatic carbocycles. The zero-order chi connectivity index (χ0) is 25.6. The van der Waals surface area contributed by atoms with Crippen molar-refractivity contribution >= 4 is 5.82 Å². The average Bonchev–Trinajstić information content (AvgIpc) is 2.82. The van der Waals surface area contributed by atoms with E-state index in [1.54, 1.807) is 0 Å². The number of fused-ring (bicyclic) bond motifs is 1. The molecule has 7 nitrogen and oxygen atoms in total. The topological polar surface area (TPSA) is 72.4 Å². The van der Waals surface area contributed by atoms with Crippen molar-refractivity contribution in [1.82, 2.24) is 20.3 Å². The highest BCUT2D eigenvalue weighted by Gasteiger charge is 2.54. The number of rotatable bonds is 7. The minimum absolute atomic E-state index is 0.103. The van der Waals surface area contributed by atoms with Crippen LogP contribution in [0.15, 0.2) is 43.0 Å². The van der Waals surface area contributed by atoms with Gasteiger partial charge < -0.3 is 19.7 Å². The van der Waals surface area contributed by atoms with Gasteiger partial charge in [0.05, 0.1) is 11.9 Å². The normalized spacial score (nSPS) is 20.4. The number of nitrogens with one attached hydrogen (secondary N) is 1. The van der Waals surface area contributed by atoms with Crippen LogP contribution in [-0.4, -0.2) is 47.1 Å². The molecule has 0 radical (unpaired) electrons. The van der Waals surface area contributed by atoms with Crippen molar-refractivity contribution < 1.29 is 22.6 Å². The largest absolute Gasteiger partial charge is 0.490 e. The van der Waals surface area contributed by atoms with E-state index in [1.165, 1.54) is 30.2 Å². The van der Waals surface area contributed by atoms with Crippen LogP contribution in [0.3, 0.4) is 0 Å². The van der Waals surface area contributed by atoms with Crippen LogP contribution in [0.2, 0.25) is 0 Å². The molecule has 1 saturated heterocycles. The maximum Gasteiger partial charge on any atom is 0.242 e. The molecule has 1 unspecified atom stereocenters. The van der Waals surface area contributed by atoms with Gasteiger partial charge >= 0.3 is 0 Å². The summed E-state index contributed by atoms with van der Waals surface area (Å²) in [4.78, 5) is 15.1. The summed E-state index contributed by atoms with van der Waals surface area (Å²) >= 11 is 0. The van der Waals surface area contributed by atoms with E-state index >= 15 is 0 Å². The Morgan fingerprint density at radius 1 is 1.14 bits per heavy atom. The Bertz CT molecular complexity index is 1290. The second-order valence-corrected chi connectivity index (χ2v) is 10.3. The molecular weight excluding hydrogens is 483 g/mol. The zero-order valence-corrected chi connectivity index (χ0v) is 20.5. The highest BCUT2D eigenvalue weighted by molar-refractivity contribution is 5.56. The number of halogens is 3. The van der Waals surface area contributed by atoms with Crippen LogP contribution in [0.1, 0.15) is 42.6 Å². The van der Waals surface area contributed by atoms with Gasteiger partial charge in [-0.3, -0.25) is 4.98 Å². The Hall–Kier alpha value is -3.40. The van der Waals surface area contributed by atoms with Gasteiger partial charge in [-0.25, -0.2) is 23.1 Å². The van der Waals surface area contributed by atoms with Crippen molar-refractivity contribution in [1.29, 1.82) is 0 Å². The predicted octanol–water partition coefficient (Wildman–Crippen LogP) is 4.87. The standard InChI is InChI=1S/C27H28F3N5O2/c1-16-25-20(4-6-32-16)33-7-5-22(25)36-19-10-27(11-19)13-35(14-27)26-23(12-31-15-34-26)37-21-3-2-18(28)8-17(21)9-24(29)30/h2-3,5,7-8,12,15-16,19,24,32H,4,6,9-11,13-14H2,1H3. The van der Waals surface area contributed by atoms with Crippen LogP contribution >= 0.6 is 0 Å². The summed E-state index contributed by atoms with van der Waals surface area (Å²) in [6, 6.07) is 5.82. The first-order valence-corrected chi connectivity index (χ1v) is 12.6. The molecule has 1 aliphatic carbocycles. The second kappa shape index (κ2) is 9.48. The van der Waals surface area contributed by atoms with Gasteiger partial charge in [-0.1, -0.05) is 0 Å². The lowest BCUT2D eigenvalue weighted by Gasteiger charge is -2.59. The number of anilines is 1. The molecule has 1 spiro atoms. The SMILES string of the molecule is CC1NCCc2nccc(OC3CC4(C3)CN(c3ncncc3Oc3ccc(F)cc3CC(F)F)C4)c21. The lowest BCUT2D eigenvalue weighted by Crippen LogP contribution is -2.65. The third-order valence-electron chi connectivity index (χ3n) is 7.52. The van der Waals surface area contributed by atoms with E-state index in [0.717, 1.165) is 56.4 Å². The van der Waals surface area contributed by atoms with Gasteiger partial charge in [-0.2, -0.15) is 0 Å². The molecule has 0 bridgehead atoms. The van der Waals surface area contributed by atoms with Gasteiger partial charge in [0.2, 0.25) is 6.43 Å². The Labute approximate surface area is 213 Å². The predicted molar refractivity (Wildman–Crippen MR) is 131 cm³/mol. The number of pyridine rings is 1. The monoisotopic (exact) mass is 511 g/mol. The van der Waals surface area contributed by atoms with Crippen LogP contribution < -0.4 is 19.7 Å². The highest BCUT2D eigenvalue weighted by Crippen LogP contribution is 2.52. The number of hydrogen-bond acceptors (Lipinski definition) is 7. The molecule has 37 heavy (non-hydrogen) atoms. The molecule has 2 fully saturated rings. The Balaban J connectivity index is 1.11. The van der Waals surface area contributed by atoms with E-state index < -0.39 is 18.7 Å². The molecule has 2 aromatic heterocycles. The van der Waals surface area contributed by atoms with Gasteiger partial charge in [-0.05, 0) is 44.0 Å². The summed E-state index contributed by atoms with van der Waals surface area (Å²) in [6.45, 7) is 4.65. The van der Waals surface area contributed by atoms with E-state index in [1.807, 2.05) is 12.3 Å². The van der Waals surface area contributed by atoms with Crippen LogP contribution in [0.5, 0.6) is 17.2 Å². The van der Waals surface area contributed by atoms with Crippen LogP contribution in [0, 0.1) is 11.2 Å². The molecule has 10 heteroatoms. The summed E-state index contributed by atoms with van der Waals surface area (Å²) in [5.74, 6) is 1.47. The lowest BCUT2D eigenvalue weighted by atomic mass is 9.61. The number of alkyl halides is 2. The van der Waals surface area contributed by atoms with Crippen LogP contribution in [0.25, 0.3) is 0 Å². The maximum absolute atomic E-state index is 13.7. The number of nitrogens with zero attached hydrogens (tertiary/aromatic N) is 4. The number of benzene rings is 1. The molecule has 6 rings (SSSR count). The Morgan fingerprint density at radius 3 is 2.78 bits per heavy atom. The Kier molecular flexibility index (Phi) is 6.14. The summed E-state index contributed by atoms with van der Waals surface area (Å²) in [5.41, 5.74) is 2.54. The molecule has 1 N–H and O–H groups in total. The fourth-order valence-electron chi connectivity index (χ4n) is 5.82. The third kappa shape index (κ3) is 4.70. The number of aromatic nitrogens is 3. The lowest BCUT2D eigenvalue weighted by molar-refractivity contribution is -0.0351. The first-order chi connectivity index (χ1) is 17.9. The minimum Gasteiger partial charge on any atom is -0.490 e.